The zero-order chi connectivity index (χ0) is 24.5. The molecular weight excluding hydrogens is 454 g/mol. The summed E-state index contributed by atoms with van der Waals surface area (Å²) in [6, 6.07) is 20.9. The molecule has 34 heavy (non-hydrogen) atoms. The second kappa shape index (κ2) is 11.5. The monoisotopic (exact) mass is 475 g/mol. The molecule has 0 radical (unpaired) electrons. The van der Waals surface area contributed by atoms with Gasteiger partial charge in [-0.05, 0) is 65.7 Å². The van der Waals surface area contributed by atoms with Crippen LogP contribution in [0.25, 0.3) is 6.08 Å². The van der Waals surface area contributed by atoms with Crippen molar-refractivity contribution in [3.05, 3.63) is 88.5 Å². The summed E-state index contributed by atoms with van der Waals surface area (Å²) in [5.41, 5.74) is 2.56. The van der Waals surface area contributed by atoms with Gasteiger partial charge in [0.25, 0.3) is 5.91 Å². The van der Waals surface area contributed by atoms with Gasteiger partial charge in [0, 0.05) is 23.3 Å². The Morgan fingerprint density at radius 1 is 0.971 bits per heavy atom. The molecule has 2 amide bonds. The van der Waals surface area contributed by atoms with Gasteiger partial charge in [-0.15, -0.1) is 0 Å². The molecule has 0 heterocycles. The van der Waals surface area contributed by atoms with Gasteiger partial charge in [-0.3, -0.25) is 9.59 Å². The zero-order valence-corrected chi connectivity index (χ0v) is 19.3. The Kier molecular flexibility index (Phi) is 8.27. The minimum atomic E-state index is -0.559. The number of carbonyl (C=O) groups excluding carboxylic acids is 2. The highest BCUT2D eigenvalue weighted by atomic mass is 35.5. The van der Waals surface area contributed by atoms with Crippen molar-refractivity contribution >= 4 is 40.9 Å². The van der Waals surface area contributed by atoms with Crippen molar-refractivity contribution in [2.24, 2.45) is 0 Å². The first-order chi connectivity index (χ1) is 16.4. The van der Waals surface area contributed by atoms with Gasteiger partial charge in [-0.1, -0.05) is 29.8 Å². The molecule has 0 aromatic heterocycles. The van der Waals surface area contributed by atoms with Crippen molar-refractivity contribution in [2.75, 3.05) is 17.7 Å². The van der Waals surface area contributed by atoms with Gasteiger partial charge in [-0.25, -0.2) is 0 Å². The van der Waals surface area contributed by atoms with E-state index in [1.807, 2.05) is 18.2 Å². The number of methoxy groups -OCH3 is 1. The third-order valence-electron chi connectivity index (χ3n) is 4.63. The number of hydrogen-bond donors (Lipinski definition) is 2. The lowest BCUT2D eigenvalue weighted by Gasteiger charge is -2.12. The van der Waals surface area contributed by atoms with E-state index in [1.54, 1.807) is 54.6 Å². The van der Waals surface area contributed by atoms with E-state index in [2.05, 4.69) is 10.6 Å². The summed E-state index contributed by atoms with van der Waals surface area (Å²) in [5, 5.41) is 15.5. The summed E-state index contributed by atoms with van der Waals surface area (Å²) < 4.78 is 11.3. The molecule has 8 heteroatoms. The standard InChI is InChI=1S/C26H22ClN3O4/c1-17(31)29-22-8-10-23(11-9-22)30-26(32)20(15-28)13-19-5-12-24(25(14-19)33-2)34-16-18-3-6-21(27)7-4-18/h3-14H,16H2,1-2H3,(H,29,31)(H,30,32). The topological polar surface area (TPSA) is 100 Å². The van der Waals surface area contributed by atoms with Crippen LogP contribution in [0.4, 0.5) is 11.4 Å². The van der Waals surface area contributed by atoms with Gasteiger partial charge in [0.2, 0.25) is 5.91 Å². The third kappa shape index (κ3) is 6.86. The van der Waals surface area contributed by atoms with E-state index in [9.17, 15) is 14.9 Å². The SMILES string of the molecule is COc1cc(C=C(C#N)C(=O)Nc2ccc(NC(C)=O)cc2)ccc1OCc1ccc(Cl)cc1. The fourth-order valence-electron chi connectivity index (χ4n) is 2.99. The van der Waals surface area contributed by atoms with Gasteiger partial charge in [0.1, 0.15) is 18.2 Å². The minimum absolute atomic E-state index is 0.0807. The van der Waals surface area contributed by atoms with Crippen LogP contribution in [0, 0.1) is 11.3 Å². The van der Waals surface area contributed by atoms with Crippen molar-refractivity contribution in [3.63, 3.8) is 0 Å². The Balaban J connectivity index is 1.70. The number of carbonyl (C=O) groups is 2. The van der Waals surface area contributed by atoms with E-state index in [0.717, 1.165) is 5.56 Å². The maximum absolute atomic E-state index is 12.6. The molecule has 7 nitrogen and oxygen atoms in total. The summed E-state index contributed by atoms with van der Waals surface area (Å²) in [4.78, 5) is 23.7. The van der Waals surface area contributed by atoms with Gasteiger partial charge in [0.05, 0.1) is 7.11 Å². The zero-order valence-electron chi connectivity index (χ0n) is 18.6. The lowest BCUT2D eigenvalue weighted by Crippen LogP contribution is -2.13. The number of rotatable bonds is 8. The Morgan fingerprint density at radius 3 is 2.21 bits per heavy atom. The quantitative estimate of drug-likeness (QED) is 0.334. The molecular formula is C26H22ClN3O4. The minimum Gasteiger partial charge on any atom is -0.493 e. The van der Waals surface area contributed by atoms with Crippen molar-refractivity contribution in [2.45, 2.75) is 13.5 Å². The van der Waals surface area contributed by atoms with Crippen LogP contribution >= 0.6 is 11.6 Å². The molecule has 172 valence electrons. The molecule has 0 fully saturated rings. The highest BCUT2D eigenvalue weighted by molar-refractivity contribution is 6.30. The normalized spacial score (nSPS) is 10.7. The number of nitrogens with one attached hydrogen (secondary N) is 2. The molecule has 0 aliphatic rings. The predicted octanol–water partition coefficient (Wildman–Crippen LogP) is 5.43. The number of hydrogen-bond acceptors (Lipinski definition) is 5. The second-order valence-electron chi connectivity index (χ2n) is 7.21. The molecule has 0 aliphatic heterocycles. The molecule has 0 atom stereocenters. The lowest BCUT2D eigenvalue weighted by atomic mass is 10.1. The summed E-state index contributed by atoms with van der Waals surface area (Å²) in [6.45, 7) is 1.74. The van der Waals surface area contributed by atoms with Crippen LogP contribution in [0.2, 0.25) is 5.02 Å². The largest absolute Gasteiger partial charge is 0.493 e. The van der Waals surface area contributed by atoms with Crippen LogP contribution in [0.5, 0.6) is 11.5 Å². The number of nitriles is 1. The maximum atomic E-state index is 12.6. The van der Waals surface area contributed by atoms with Crippen LogP contribution in [0.15, 0.2) is 72.3 Å². The Morgan fingerprint density at radius 2 is 1.62 bits per heavy atom. The number of benzene rings is 3. The second-order valence-corrected chi connectivity index (χ2v) is 7.64. The van der Waals surface area contributed by atoms with Crippen LogP contribution in [-0.4, -0.2) is 18.9 Å². The van der Waals surface area contributed by atoms with E-state index in [1.165, 1.54) is 20.1 Å². The van der Waals surface area contributed by atoms with Crippen LogP contribution < -0.4 is 20.1 Å². The first kappa shape index (κ1) is 24.4. The van der Waals surface area contributed by atoms with Crippen molar-refractivity contribution in [1.29, 1.82) is 5.26 Å². The van der Waals surface area contributed by atoms with Gasteiger partial charge >= 0.3 is 0 Å². The fraction of sp³-hybridized carbons (Fsp3) is 0.115. The van der Waals surface area contributed by atoms with Crippen molar-refractivity contribution < 1.29 is 19.1 Å². The van der Waals surface area contributed by atoms with Gasteiger partial charge < -0.3 is 20.1 Å². The molecule has 0 spiro atoms. The molecule has 0 bridgehead atoms. The Labute approximate surface area is 202 Å². The number of halogens is 1. The summed E-state index contributed by atoms with van der Waals surface area (Å²) >= 11 is 5.91. The fourth-order valence-corrected chi connectivity index (χ4v) is 3.11. The van der Waals surface area contributed by atoms with Gasteiger partial charge in [0.15, 0.2) is 11.5 Å². The molecule has 0 saturated carbocycles. The maximum Gasteiger partial charge on any atom is 0.266 e. The first-order valence-electron chi connectivity index (χ1n) is 10.2. The summed E-state index contributed by atoms with van der Waals surface area (Å²) in [6.07, 6.45) is 1.46. The average molecular weight is 476 g/mol. The lowest BCUT2D eigenvalue weighted by molar-refractivity contribution is -0.114. The van der Waals surface area contributed by atoms with Gasteiger partial charge in [-0.2, -0.15) is 5.26 Å². The Hall–Kier alpha value is -4.28. The Bertz CT molecular complexity index is 1250. The highest BCUT2D eigenvalue weighted by Gasteiger charge is 2.12. The summed E-state index contributed by atoms with van der Waals surface area (Å²) in [5.74, 6) is 0.242. The molecule has 0 saturated heterocycles. The van der Waals surface area contributed by atoms with E-state index >= 15 is 0 Å². The number of amides is 2. The smallest absolute Gasteiger partial charge is 0.266 e. The van der Waals surface area contributed by atoms with E-state index in [0.29, 0.717) is 40.1 Å². The predicted molar refractivity (Wildman–Crippen MR) is 132 cm³/mol. The van der Waals surface area contributed by atoms with E-state index in [4.69, 9.17) is 21.1 Å². The number of anilines is 2. The van der Waals surface area contributed by atoms with Crippen molar-refractivity contribution in [3.8, 4) is 17.6 Å². The summed E-state index contributed by atoms with van der Waals surface area (Å²) in [7, 11) is 1.51. The molecule has 0 unspecified atom stereocenters. The number of nitrogens with zero attached hydrogens (tertiary/aromatic N) is 1. The van der Waals surface area contributed by atoms with E-state index < -0.39 is 5.91 Å². The molecule has 3 aromatic carbocycles. The van der Waals surface area contributed by atoms with Crippen molar-refractivity contribution in [1.82, 2.24) is 0 Å². The molecule has 2 N–H and O–H groups in total. The first-order valence-corrected chi connectivity index (χ1v) is 10.6. The molecule has 0 aliphatic carbocycles. The third-order valence-corrected chi connectivity index (χ3v) is 4.89. The van der Waals surface area contributed by atoms with Crippen LogP contribution in [-0.2, 0) is 16.2 Å². The molecule has 3 rings (SSSR count). The van der Waals surface area contributed by atoms with Crippen LogP contribution in [0.1, 0.15) is 18.1 Å². The van der Waals surface area contributed by atoms with E-state index in [-0.39, 0.29) is 11.5 Å². The number of ether oxygens (including phenoxy) is 2. The van der Waals surface area contributed by atoms with Crippen LogP contribution in [0.3, 0.4) is 0 Å². The average Bonchev–Trinajstić information content (AvgIpc) is 2.83. The molecule has 3 aromatic rings. The highest BCUT2D eigenvalue weighted by Crippen LogP contribution is 2.30.